The molecule has 0 aliphatic carbocycles. The predicted molar refractivity (Wildman–Crippen MR) is 62.8 cm³/mol. The maximum Gasteiger partial charge on any atom is 0.136 e. The van der Waals surface area contributed by atoms with Crippen LogP contribution in [-0.2, 0) is 6.42 Å². The van der Waals surface area contributed by atoms with Gasteiger partial charge in [-0.25, -0.2) is 0 Å². The molecule has 0 atom stereocenters. The first-order chi connectivity index (χ1) is 6.70. The van der Waals surface area contributed by atoms with E-state index >= 15 is 0 Å². The van der Waals surface area contributed by atoms with Crippen LogP contribution in [0, 0.1) is 6.92 Å². The summed E-state index contributed by atoms with van der Waals surface area (Å²) in [7, 11) is 1.70. The SMILES string of the molecule is COc1c(Br)ccc(C)c1CCCN. The van der Waals surface area contributed by atoms with Gasteiger partial charge in [0.05, 0.1) is 11.6 Å². The Morgan fingerprint density at radius 3 is 2.71 bits per heavy atom. The molecule has 3 heteroatoms. The summed E-state index contributed by atoms with van der Waals surface area (Å²) in [5, 5.41) is 0. The number of benzene rings is 1. The van der Waals surface area contributed by atoms with Crippen LogP contribution in [0.15, 0.2) is 16.6 Å². The van der Waals surface area contributed by atoms with Crippen LogP contribution in [0.4, 0.5) is 0 Å². The van der Waals surface area contributed by atoms with Gasteiger partial charge >= 0.3 is 0 Å². The summed E-state index contributed by atoms with van der Waals surface area (Å²) in [5.74, 6) is 0.943. The molecule has 0 unspecified atom stereocenters. The van der Waals surface area contributed by atoms with Gasteiger partial charge in [-0.15, -0.1) is 0 Å². The number of nitrogens with two attached hydrogens (primary N) is 1. The molecule has 0 saturated carbocycles. The summed E-state index contributed by atoms with van der Waals surface area (Å²) in [6.07, 6.45) is 1.97. The highest BCUT2D eigenvalue weighted by atomic mass is 79.9. The van der Waals surface area contributed by atoms with Crippen molar-refractivity contribution in [1.82, 2.24) is 0 Å². The lowest BCUT2D eigenvalue weighted by atomic mass is 10.0. The van der Waals surface area contributed by atoms with Crippen LogP contribution in [0.3, 0.4) is 0 Å². The summed E-state index contributed by atoms with van der Waals surface area (Å²) >= 11 is 3.48. The van der Waals surface area contributed by atoms with E-state index in [1.807, 2.05) is 6.07 Å². The van der Waals surface area contributed by atoms with Crippen LogP contribution >= 0.6 is 15.9 Å². The smallest absolute Gasteiger partial charge is 0.136 e. The molecule has 0 amide bonds. The summed E-state index contributed by atoms with van der Waals surface area (Å²) < 4.78 is 6.38. The van der Waals surface area contributed by atoms with Crippen LogP contribution < -0.4 is 10.5 Å². The zero-order chi connectivity index (χ0) is 10.6. The first kappa shape index (κ1) is 11.5. The quantitative estimate of drug-likeness (QED) is 0.901. The normalized spacial score (nSPS) is 10.3. The van der Waals surface area contributed by atoms with Gasteiger partial charge in [-0.1, -0.05) is 6.07 Å². The first-order valence-electron chi connectivity index (χ1n) is 4.72. The van der Waals surface area contributed by atoms with Crippen LogP contribution in [0.5, 0.6) is 5.75 Å². The largest absolute Gasteiger partial charge is 0.495 e. The standard InChI is InChI=1S/C11H16BrNO/c1-8-5-6-10(12)11(14-2)9(8)4-3-7-13/h5-6H,3-4,7,13H2,1-2H3. The zero-order valence-corrected chi connectivity index (χ0v) is 10.2. The van der Waals surface area contributed by atoms with Gasteiger partial charge in [0.1, 0.15) is 5.75 Å². The number of hydrogen-bond acceptors (Lipinski definition) is 2. The third-order valence-corrected chi connectivity index (χ3v) is 2.91. The Morgan fingerprint density at radius 1 is 1.43 bits per heavy atom. The highest BCUT2D eigenvalue weighted by Gasteiger charge is 2.09. The number of rotatable bonds is 4. The zero-order valence-electron chi connectivity index (χ0n) is 8.64. The highest BCUT2D eigenvalue weighted by Crippen LogP contribution is 2.31. The Kier molecular flexibility index (Phi) is 4.42. The van der Waals surface area contributed by atoms with Gasteiger partial charge in [-0.05, 0) is 59.4 Å². The molecule has 0 aliphatic rings. The van der Waals surface area contributed by atoms with Crippen LogP contribution in [0.1, 0.15) is 17.5 Å². The summed E-state index contributed by atoms with van der Waals surface area (Å²) in [5.41, 5.74) is 8.02. The van der Waals surface area contributed by atoms with Crippen LogP contribution in [-0.4, -0.2) is 13.7 Å². The first-order valence-corrected chi connectivity index (χ1v) is 5.52. The number of ether oxygens (including phenoxy) is 1. The molecule has 2 N–H and O–H groups in total. The molecule has 0 heterocycles. The second-order valence-corrected chi connectivity index (χ2v) is 4.12. The van der Waals surface area contributed by atoms with Crippen molar-refractivity contribution in [3.05, 3.63) is 27.7 Å². The van der Waals surface area contributed by atoms with Crippen molar-refractivity contribution in [3.8, 4) is 5.75 Å². The van der Waals surface area contributed by atoms with Crippen molar-refractivity contribution in [3.63, 3.8) is 0 Å². The van der Waals surface area contributed by atoms with Gasteiger partial charge in [0, 0.05) is 0 Å². The minimum atomic E-state index is 0.717. The van der Waals surface area contributed by atoms with Crippen LogP contribution in [0.25, 0.3) is 0 Å². The fraction of sp³-hybridized carbons (Fsp3) is 0.455. The molecule has 0 aromatic heterocycles. The second kappa shape index (κ2) is 5.37. The number of methoxy groups -OCH3 is 1. The van der Waals surface area contributed by atoms with E-state index in [1.165, 1.54) is 11.1 Å². The minimum Gasteiger partial charge on any atom is -0.495 e. The summed E-state index contributed by atoms with van der Waals surface area (Å²) in [6, 6.07) is 4.11. The van der Waals surface area contributed by atoms with Gasteiger partial charge in [0.25, 0.3) is 0 Å². The Hall–Kier alpha value is -0.540. The Balaban J connectivity index is 3.03. The molecule has 1 aromatic carbocycles. The van der Waals surface area contributed by atoms with E-state index in [2.05, 4.69) is 28.9 Å². The second-order valence-electron chi connectivity index (χ2n) is 3.27. The predicted octanol–water partition coefficient (Wildman–Crippen LogP) is 2.66. The van der Waals surface area contributed by atoms with Crippen molar-refractivity contribution in [2.75, 3.05) is 13.7 Å². The Morgan fingerprint density at radius 2 is 2.14 bits per heavy atom. The fourth-order valence-corrected chi connectivity index (χ4v) is 2.04. The van der Waals surface area contributed by atoms with Crippen molar-refractivity contribution in [1.29, 1.82) is 0 Å². The molecule has 0 radical (unpaired) electrons. The molecule has 0 saturated heterocycles. The fourth-order valence-electron chi connectivity index (χ4n) is 1.51. The monoisotopic (exact) mass is 257 g/mol. The molecule has 1 rings (SSSR count). The van der Waals surface area contributed by atoms with E-state index in [1.54, 1.807) is 7.11 Å². The molecule has 0 spiro atoms. The Bertz CT molecular complexity index is 312. The minimum absolute atomic E-state index is 0.717. The molecule has 0 bridgehead atoms. The molecule has 0 aliphatic heterocycles. The number of hydrogen-bond donors (Lipinski definition) is 1. The highest BCUT2D eigenvalue weighted by molar-refractivity contribution is 9.10. The van der Waals surface area contributed by atoms with Crippen LogP contribution in [0.2, 0.25) is 0 Å². The third-order valence-electron chi connectivity index (χ3n) is 2.28. The van der Waals surface area contributed by atoms with Gasteiger partial charge in [0.2, 0.25) is 0 Å². The van der Waals surface area contributed by atoms with Crippen molar-refractivity contribution >= 4 is 15.9 Å². The maximum atomic E-state index is 5.50. The lowest BCUT2D eigenvalue weighted by Crippen LogP contribution is -2.03. The van der Waals surface area contributed by atoms with Gasteiger partial charge in [-0.3, -0.25) is 0 Å². The van der Waals surface area contributed by atoms with Crippen molar-refractivity contribution in [2.45, 2.75) is 19.8 Å². The van der Waals surface area contributed by atoms with E-state index in [-0.39, 0.29) is 0 Å². The van der Waals surface area contributed by atoms with Gasteiger partial charge < -0.3 is 10.5 Å². The molecule has 0 fully saturated rings. The number of aryl methyl sites for hydroxylation is 1. The molecule has 78 valence electrons. The van der Waals surface area contributed by atoms with Gasteiger partial charge in [-0.2, -0.15) is 0 Å². The van der Waals surface area contributed by atoms with Gasteiger partial charge in [0.15, 0.2) is 0 Å². The topological polar surface area (TPSA) is 35.2 Å². The third kappa shape index (κ3) is 2.49. The Labute approximate surface area is 93.6 Å². The van der Waals surface area contributed by atoms with E-state index < -0.39 is 0 Å². The summed E-state index contributed by atoms with van der Waals surface area (Å²) in [6.45, 7) is 2.82. The average molecular weight is 258 g/mol. The lowest BCUT2D eigenvalue weighted by molar-refractivity contribution is 0.406. The van der Waals surface area contributed by atoms with E-state index in [0.717, 1.165) is 29.6 Å². The maximum absolute atomic E-state index is 5.50. The van der Waals surface area contributed by atoms with E-state index in [4.69, 9.17) is 10.5 Å². The van der Waals surface area contributed by atoms with Crippen molar-refractivity contribution < 1.29 is 4.74 Å². The molecular formula is C11H16BrNO. The van der Waals surface area contributed by atoms with E-state index in [9.17, 15) is 0 Å². The molecule has 14 heavy (non-hydrogen) atoms. The molecular weight excluding hydrogens is 242 g/mol. The molecule has 1 aromatic rings. The van der Waals surface area contributed by atoms with Crippen molar-refractivity contribution in [2.24, 2.45) is 5.73 Å². The summed E-state index contributed by atoms with van der Waals surface area (Å²) in [4.78, 5) is 0. The average Bonchev–Trinajstić information content (AvgIpc) is 2.19. The lowest BCUT2D eigenvalue weighted by Gasteiger charge is -2.12. The van der Waals surface area contributed by atoms with E-state index in [0.29, 0.717) is 0 Å². The number of halogens is 1. The molecule has 2 nitrogen and oxygen atoms in total.